The van der Waals surface area contributed by atoms with Crippen molar-refractivity contribution < 1.29 is 41.6 Å². The molecule has 0 saturated heterocycles. The van der Waals surface area contributed by atoms with E-state index in [1.54, 1.807) is 0 Å². The van der Waals surface area contributed by atoms with E-state index in [1.165, 1.54) is 0 Å². The van der Waals surface area contributed by atoms with Crippen molar-refractivity contribution in [2.75, 3.05) is 0 Å². The van der Waals surface area contributed by atoms with Gasteiger partial charge in [0, 0.05) is 0 Å². The first-order valence-corrected chi connectivity index (χ1v) is 0. The van der Waals surface area contributed by atoms with Crippen molar-refractivity contribution in [3.8, 4) is 0 Å². The van der Waals surface area contributed by atoms with E-state index in [0.29, 0.717) is 0 Å². The maximum atomic E-state index is 0. The molecule has 0 aliphatic heterocycles. The Bertz CT molecular complexity index is 6.00. The van der Waals surface area contributed by atoms with Crippen molar-refractivity contribution in [2.45, 2.75) is 0 Å². The summed E-state index contributed by atoms with van der Waals surface area (Å²) in [5, 5.41) is 0. The van der Waals surface area contributed by atoms with Crippen LogP contribution in [0.2, 0.25) is 0 Å². The summed E-state index contributed by atoms with van der Waals surface area (Å²) in [6, 6.07) is 0. The van der Waals surface area contributed by atoms with Gasteiger partial charge in [0.1, 0.15) is 0 Å². The van der Waals surface area contributed by atoms with E-state index in [-0.39, 0.29) is 59.0 Å². The molecule has 0 N–H and O–H groups in total. The molecule has 0 aromatic heterocycles. The molecule has 0 heterocycles. The second-order valence-electron chi connectivity index (χ2n) is 0. The topological polar surface area (TPSA) is 0 Å². The van der Waals surface area contributed by atoms with Crippen molar-refractivity contribution in [1.82, 2.24) is 0 Å². The van der Waals surface area contributed by atoms with Gasteiger partial charge >= 0.3 is 16.8 Å². The van der Waals surface area contributed by atoms with Gasteiger partial charge in [-0.3, -0.25) is 0 Å². The fraction of sp³-hybridized carbons (Fsp3) is 0. The summed E-state index contributed by atoms with van der Waals surface area (Å²) in [5.41, 5.74) is 0. The maximum Gasteiger partial charge on any atom is 2.00 e. The molecule has 0 bridgehead atoms. The summed E-state index contributed by atoms with van der Waals surface area (Å²) in [6.45, 7) is 0. The summed E-state index contributed by atoms with van der Waals surface area (Å²) < 4.78 is 0. The van der Waals surface area contributed by atoms with Crippen LogP contribution >= 0.6 is 0 Å². The van der Waals surface area contributed by atoms with Gasteiger partial charge in [-0.15, -0.1) is 0 Å². The molecule has 0 unspecified atom stereocenters. The Morgan fingerprint density at radius 2 is 0.750 bits per heavy atom. The molecule has 4 heteroatoms. The zero-order chi connectivity index (χ0) is 0. The van der Waals surface area contributed by atoms with Gasteiger partial charge in [-0.2, -0.15) is 0 Å². The van der Waals surface area contributed by atoms with E-state index in [0.717, 1.165) is 0 Å². The second kappa shape index (κ2) is 23.1. The van der Waals surface area contributed by atoms with E-state index in [1.807, 2.05) is 0 Å². The van der Waals surface area contributed by atoms with E-state index >= 15 is 0 Å². The Balaban J connectivity index is 0. The number of hydrogen-bond donors (Lipinski definition) is 0. The molecule has 0 nitrogen and oxygen atoms in total. The number of rotatable bonds is 0. The monoisotopic (exact) mass is 159 g/mol. The van der Waals surface area contributed by atoms with Crippen molar-refractivity contribution in [1.29, 1.82) is 0 Å². The van der Waals surface area contributed by atoms with E-state index in [9.17, 15) is 0 Å². The molecule has 0 aliphatic rings. The van der Waals surface area contributed by atoms with Crippen molar-refractivity contribution in [3.63, 3.8) is 0 Å². The van der Waals surface area contributed by atoms with Gasteiger partial charge in [0.2, 0.25) is 0 Å². The molecule has 0 fully saturated rings. The fourth-order valence-corrected chi connectivity index (χ4v) is 0. The first kappa shape index (κ1) is 45.7. The minimum atomic E-state index is 0. The second-order valence-corrected chi connectivity index (χ2v) is 0. The summed E-state index contributed by atoms with van der Waals surface area (Å²) in [6.07, 6.45) is 0. The smallest absolute Gasteiger partial charge is 1.00 e. The largest absolute Gasteiger partial charge is 2.00 e. The zero-order valence-electron chi connectivity index (χ0n) is 1.09. The van der Waals surface area contributed by atoms with Gasteiger partial charge in [0.05, 0.1) is 0 Å². The minimum Gasteiger partial charge on any atom is -1.00 e. The van der Waals surface area contributed by atoms with Crippen LogP contribution < -0.4 is 24.8 Å². The Morgan fingerprint density at radius 3 is 0.750 bits per heavy atom. The average molecular weight is 160 g/mol. The molecular formula is H3AlCl2Co. The third kappa shape index (κ3) is 9.47. The van der Waals surface area contributed by atoms with Crippen LogP contribution in [0.1, 0.15) is 0 Å². The predicted molar refractivity (Wildman–Crippen MR) is 9.94 cm³/mol. The standard InChI is InChI=1S/Al.2ClH.Co.3H/h;2*1H;;;;/q;;;+2;;;/p-2. The van der Waals surface area contributed by atoms with Crippen LogP contribution in [0.25, 0.3) is 0 Å². The van der Waals surface area contributed by atoms with Gasteiger partial charge in [0.15, 0.2) is 17.4 Å². The minimum absolute atomic E-state index is 0. The zero-order valence-corrected chi connectivity index (χ0v) is 3.64. The SMILES string of the molecule is [AlH3].[Cl-].[Cl-].[Co+2]. The number of hydrogen-bond acceptors (Lipinski definition) is 0. The van der Waals surface area contributed by atoms with Crippen LogP contribution in [0.15, 0.2) is 0 Å². The first-order valence-electron chi connectivity index (χ1n) is 0. The quantitative estimate of drug-likeness (QED) is 0.309. The van der Waals surface area contributed by atoms with Crippen LogP contribution in [0.5, 0.6) is 0 Å². The van der Waals surface area contributed by atoms with Crippen LogP contribution in [0.4, 0.5) is 0 Å². The Hall–Kier alpha value is 1.62. The molecule has 0 saturated carbocycles. The fourth-order valence-electron chi connectivity index (χ4n) is 0. The van der Waals surface area contributed by atoms with Gasteiger partial charge < -0.3 is 24.8 Å². The van der Waals surface area contributed by atoms with Gasteiger partial charge in [-0.25, -0.2) is 0 Å². The summed E-state index contributed by atoms with van der Waals surface area (Å²) in [5.74, 6) is 0. The summed E-state index contributed by atoms with van der Waals surface area (Å²) >= 11 is 0. The number of halogens is 2. The molecule has 0 aromatic rings. The molecule has 1 radical (unpaired) electrons. The average Bonchev–Trinajstić information content (AvgIpc) is 0. The van der Waals surface area contributed by atoms with Crippen molar-refractivity contribution in [2.24, 2.45) is 0 Å². The van der Waals surface area contributed by atoms with Crippen LogP contribution in [0.3, 0.4) is 0 Å². The van der Waals surface area contributed by atoms with E-state index in [2.05, 4.69) is 0 Å². The maximum absolute atomic E-state index is 0. The molecule has 4 heavy (non-hydrogen) atoms. The Morgan fingerprint density at radius 1 is 0.750 bits per heavy atom. The molecule has 29 valence electrons. The van der Waals surface area contributed by atoms with E-state index in [4.69, 9.17) is 0 Å². The molecule has 0 spiro atoms. The van der Waals surface area contributed by atoms with Gasteiger partial charge in [0.25, 0.3) is 0 Å². The molecule has 0 atom stereocenters. The molecule has 0 aliphatic carbocycles. The Labute approximate surface area is 58.9 Å². The third-order valence-corrected chi connectivity index (χ3v) is 0. The van der Waals surface area contributed by atoms with Crippen molar-refractivity contribution in [3.05, 3.63) is 0 Å². The molecule has 0 aromatic carbocycles. The predicted octanol–water partition coefficient (Wildman–Crippen LogP) is -7.18. The molecule has 0 rings (SSSR count). The van der Waals surface area contributed by atoms with Gasteiger partial charge in [-0.1, -0.05) is 0 Å². The summed E-state index contributed by atoms with van der Waals surface area (Å²) in [7, 11) is 0. The van der Waals surface area contributed by atoms with Crippen LogP contribution in [-0.4, -0.2) is 17.4 Å². The molecular weight excluding hydrogens is 157 g/mol. The van der Waals surface area contributed by atoms with E-state index < -0.39 is 0 Å². The normalized spacial score (nSPS) is 0. The van der Waals surface area contributed by atoms with Crippen LogP contribution in [-0.2, 0) is 16.8 Å². The van der Waals surface area contributed by atoms with Crippen molar-refractivity contribution >= 4 is 17.4 Å². The third-order valence-electron chi connectivity index (χ3n) is 0. The Kier molecular flexibility index (Phi) is 264. The summed E-state index contributed by atoms with van der Waals surface area (Å²) in [4.78, 5) is 0. The molecule has 0 amide bonds. The van der Waals surface area contributed by atoms with Gasteiger partial charge in [-0.05, 0) is 0 Å². The van der Waals surface area contributed by atoms with Crippen LogP contribution in [0, 0.1) is 0 Å². The first-order chi connectivity index (χ1) is 0.